The highest BCUT2D eigenvalue weighted by Gasteiger charge is 2.34. The van der Waals surface area contributed by atoms with E-state index in [0.717, 1.165) is 0 Å². The Morgan fingerprint density at radius 1 is 0.788 bits per heavy atom. The standard InChI is InChI=1S/C26H21NO6/c1-2-32-20-13-11-18(12-14-20)23(28)16-33-26(31)19-9-7-17(8-10-19)15-27-24(29)21-5-3-4-6-22(21)25(27)30/h3-14H,2,15-16H2,1H3. The maximum absolute atomic E-state index is 12.5. The van der Waals surface area contributed by atoms with E-state index in [1.807, 2.05) is 6.92 Å². The predicted octanol–water partition coefficient (Wildman–Crippen LogP) is 3.92. The van der Waals surface area contributed by atoms with Crippen molar-refractivity contribution in [3.05, 3.63) is 101 Å². The zero-order valence-electron chi connectivity index (χ0n) is 17.9. The van der Waals surface area contributed by atoms with Crippen LogP contribution in [0.5, 0.6) is 5.75 Å². The van der Waals surface area contributed by atoms with E-state index in [-0.39, 0.29) is 36.3 Å². The average Bonchev–Trinajstić information content (AvgIpc) is 3.08. The zero-order chi connectivity index (χ0) is 23.4. The van der Waals surface area contributed by atoms with Crippen LogP contribution in [0, 0.1) is 0 Å². The number of carbonyl (C=O) groups excluding carboxylic acids is 4. The normalized spacial score (nSPS) is 12.5. The Morgan fingerprint density at radius 3 is 1.94 bits per heavy atom. The Labute approximate surface area is 190 Å². The van der Waals surface area contributed by atoms with Gasteiger partial charge in [-0.05, 0) is 61.0 Å². The number of imide groups is 1. The van der Waals surface area contributed by atoms with E-state index in [1.165, 1.54) is 17.0 Å². The molecule has 33 heavy (non-hydrogen) atoms. The van der Waals surface area contributed by atoms with Crippen LogP contribution in [0.15, 0.2) is 72.8 Å². The summed E-state index contributed by atoms with van der Waals surface area (Å²) in [6.07, 6.45) is 0. The number of ketones is 1. The summed E-state index contributed by atoms with van der Waals surface area (Å²) in [4.78, 5) is 50.7. The minimum Gasteiger partial charge on any atom is -0.494 e. The second-order valence-electron chi connectivity index (χ2n) is 7.40. The van der Waals surface area contributed by atoms with Gasteiger partial charge >= 0.3 is 5.97 Å². The van der Waals surface area contributed by atoms with Crippen molar-refractivity contribution in [1.29, 1.82) is 0 Å². The molecule has 1 heterocycles. The maximum Gasteiger partial charge on any atom is 0.338 e. The number of ether oxygens (including phenoxy) is 2. The Bertz CT molecular complexity index is 1180. The van der Waals surface area contributed by atoms with Crippen LogP contribution in [0.3, 0.4) is 0 Å². The summed E-state index contributed by atoms with van der Waals surface area (Å²) in [7, 11) is 0. The van der Waals surface area contributed by atoms with Crippen molar-refractivity contribution < 1.29 is 28.7 Å². The molecule has 0 radical (unpaired) electrons. The lowest BCUT2D eigenvalue weighted by Crippen LogP contribution is -2.29. The molecule has 0 unspecified atom stereocenters. The number of esters is 1. The first-order valence-corrected chi connectivity index (χ1v) is 10.4. The highest BCUT2D eigenvalue weighted by molar-refractivity contribution is 6.21. The van der Waals surface area contributed by atoms with Gasteiger partial charge in [-0.1, -0.05) is 24.3 Å². The third kappa shape index (κ3) is 4.67. The number of nitrogens with zero attached hydrogens (tertiary/aromatic N) is 1. The number of hydrogen-bond acceptors (Lipinski definition) is 6. The summed E-state index contributed by atoms with van der Waals surface area (Å²) in [5.41, 5.74) is 2.15. The van der Waals surface area contributed by atoms with E-state index in [2.05, 4.69) is 0 Å². The summed E-state index contributed by atoms with van der Waals surface area (Å²) in [6.45, 7) is 2.11. The summed E-state index contributed by atoms with van der Waals surface area (Å²) >= 11 is 0. The maximum atomic E-state index is 12.5. The second-order valence-corrected chi connectivity index (χ2v) is 7.40. The van der Waals surface area contributed by atoms with Gasteiger partial charge in [0.05, 0.1) is 29.8 Å². The predicted molar refractivity (Wildman–Crippen MR) is 119 cm³/mol. The van der Waals surface area contributed by atoms with Gasteiger partial charge in [-0.2, -0.15) is 0 Å². The third-order valence-electron chi connectivity index (χ3n) is 5.23. The molecule has 0 fully saturated rings. The van der Waals surface area contributed by atoms with Gasteiger partial charge < -0.3 is 9.47 Å². The molecule has 4 rings (SSSR count). The molecule has 2 amide bonds. The zero-order valence-corrected chi connectivity index (χ0v) is 17.9. The fourth-order valence-corrected chi connectivity index (χ4v) is 3.51. The number of carbonyl (C=O) groups is 4. The van der Waals surface area contributed by atoms with Crippen LogP contribution < -0.4 is 4.74 Å². The highest BCUT2D eigenvalue weighted by Crippen LogP contribution is 2.24. The van der Waals surface area contributed by atoms with Crippen molar-refractivity contribution in [2.75, 3.05) is 13.2 Å². The van der Waals surface area contributed by atoms with Gasteiger partial charge in [0.15, 0.2) is 12.4 Å². The minimum absolute atomic E-state index is 0.0951. The van der Waals surface area contributed by atoms with E-state index in [4.69, 9.17) is 9.47 Å². The molecule has 3 aromatic rings. The Balaban J connectivity index is 1.33. The number of benzene rings is 3. The van der Waals surface area contributed by atoms with Gasteiger partial charge in [-0.25, -0.2) is 4.79 Å². The molecule has 0 atom stereocenters. The summed E-state index contributed by atoms with van der Waals surface area (Å²) in [5.74, 6) is -0.985. The van der Waals surface area contributed by atoms with Crippen LogP contribution in [0.1, 0.15) is 53.9 Å². The average molecular weight is 443 g/mol. The summed E-state index contributed by atoms with van der Waals surface area (Å²) in [5, 5.41) is 0. The lowest BCUT2D eigenvalue weighted by Gasteiger charge is -2.14. The Hall–Kier alpha value is -4.26. The lowest BCUT2D eigenvalue weighted by molar-refractivity contribution is 0.0474. The van der Waals surface area contributed by atoms with Crippen molar-refractivity contribution in [2.45, 2.75) is 13.5 Å². The minimum atomic E-state index is -0.637. The molecule has 0 N–H and O–H groups in total. The first-order chi connectivity index (χ1) is 16.0. The van der Waals surface area contributed by atoms with Gasteiger partial charge in [0.1, 0.15) is 5.75 Å². The number of Topliss-reactive ketones (excluding diaryl/α,β-unsaturated/α-hetero) is 1. The smallest absolute Gasteiger partial charge is 0.338 e. The molecule has 1 aliphatic heterocycles. The van der Waals surface area contributed by atoms with Crippen molar-refractivity contribution in [3.8, 4) is 5.75 Å². The van der Waals surface area contributed by atoms with Crippen molar-refractivity contribution >= 4 is 23.6 Å². The second kappa shape index (κ2) is 9.48. The fourth-order valence-electron chi connectivity index (χ4n) is 3.51. The van der Waals surface area contributed by atoms with Crippen LogP contribution in [-0.2, 0) is 11.3 Å². The largest absolute Gasteiger partial charge is 0.494 e. The molecule has 0 aromatic heterocycles. The van der Waals surface area contributed by atoms with E-state index in [0.29, 0.717) is 34.6 Å². The van der Waals surface area contributed by atoms with Crippen molar-refractivity contribution in [1.82, 2.24) is 4.90 Å². The van der Waals surface area contributed by atoms with Gasteiger partial charge in [0.2, 0.25) is 0 Å². The molecule has 7 nitrogen and oxygen atoms in total. The van der Waals surface area contributed by atoms with Gasteiger partial charge in [0, 0.05) is 5.56 Å². The fraction of sp³-hybridized carbons (Fsp3) is 0.154. The molecule has 0 saturated heterocycles. The van der Waals surface area contributed by atoms with Crippen LogP contribution >= 0.6 is 0 Å². The van der Waals surface area contributed by atoms with E-state index < -0.39 is 5.97 Å². The molecule has 1 aliphatic rings. The number of hydrogen-bond donors (Lipinski definition) is 0. The Morgan fingerprint density at radius 2 is 1.36 bits per heavy atom. The molecular formula is C26H21NO6. The highest BCUT2D eigenvalue weighted by atomic mass is 16.5. The van der Waals surface area contributed by atoms with Crippen LogP contribution in [0.2, 0.25) is 0 Å². The van der Waals surface area contributed by atoms with Crippen molar-refractivity contribution in [3.63, 3.8) is 0 Å². The van der Waals surface area contributed by atoms with E-state index >= 15 is 0 Å². The molecule has 3 aromatic carbocycles. The van der Waals surface area contributed by atoms with Gasteiger partial charge in [-0.3, -0.25) is 19.3 Å². The monoisotopic (exact) mass is 443 g/mol. The SMILES string of the molecule is CCOc1ccc(C(=O)COC(=O)c2ccc(CN3C(=O)c4ccccc4C3=O)cc2)cc1. The number of rotatable bonds is 8. The molecule has 7 heteroatoms. The van der Waals surface area contributed by atoms with E-state index in [9.17, 15) is 19.2 Å². The first-order valence-electron chi connectivity index (χ1n) is 10.4. The molecule has 0 saturated carbocycles. The third-order valence-corrected chi connectivity index (χ3v) is 5.23. The molecule has 0 spiro atoms. The topological polar surface area (TPSA) is 90.0 Å². The van der Waals surface area contributed by atoms with Crippen LogP contribution in [0.25, 0.3) is 0 Å². The van der Waals surface area contributed by atoms with Crippen LogP contribution in [-0.4, -0.2) is 41.7 Å². The molecule has 166 valence electrons. The molecule has 0 aliphatic carbocycles. The first kappa shape index (κ1) is 22.0. The van der Waals surface area contributed by atoms with Crippen LogP contribution in [0.4, 0.5) is 0 Å². The molecule has 0 bridgehead atoms. The van der Waals surface area contributed by atoms with E-state index in [1.54, 1.807) is 60.7 Å². The molecular weight excluding hydrogens is 422 g/mol. The van der Waals surface area contributed by atoms with Gasteiger partial charge in [0.25, 0.3) is 11.8 Å². The number of amides is 2. The Kier molecular flexibility index (Phi) is 6.31. The summed E-state index contributed by atoms with van der Waals surface area (Å²) in [6, 6.07) is 19.7. The van der Waals surface area contributed by atoms with Crippen molar-refractivity contribution in [2.24, 2.45) is 0 Å². The lowest BCUT2D eigenvalue weighted by atomic mass is 10.1. The van der Waals surface area contributed by atoms with Gasteiger partial charge in [-0.15, -0.1) is 0 Å². The quantitative estimate of drug-likeness (QED) is 0.298. The summed E-state index contributed by atoms with van der Waals surface area (Å²) < 4.78 is 10.5. The number of fused-ring (bicyclic) bond motifs is 1.